The van der Waals surface area contributed by atoms with Crippen molar-refractivity contribution in [3.63, 3.8) is 0 Å². The molecule has 0 saturated carbocycles. The maximum atomic E-state index is 12.3. The van der Waals surface area contributed by atoms with Crippen LogP contribution in [-0.4, -0.2) is 21.8 Å². The number of hydrogen-bond donors (Lipinski definition) is 0. The third-order valence-corrected chi connectivity index (χ3v) is 4.35. The molecule has 0 aliphatic heterocycles. The number of hydrogen-bond acceptors (Lipinski definition) is 4. The summed E-state index contributed by atoms with van der Waals surface area (Å²) in [7, 11) is 0. The molecule has 1 aromatic carbocycles. The molecule has 0 amide bonds. The molecule has 0 saturated heterocycles. The average molecular weight is 340 g/mol. The van der Waals surface area contributed by atoms with E-state index in [2.05, 4.69) is 18.8 Å². The summed E-state index contributed by atoms with van der Waals surface area (Å²) >= 11 is 1.58. The highest BCUT2D eigenvalue weighted by molar-refractivity contribution is 7.15. The summed E-state index contributed by atoms with van der Waals surface area (Å²) in [5, 5.41) is 1.98. The first kappa shape index (κ1) is 16.5. The van der Waals surface area contributed by atoms with Crippen LogP contribution in [0.5, 0.6) is 5.75 Å². The van der Waals surface area contributed by atoms with Crippen molar-refractivity contribution in [2.75, 3.05) is 6.61 Å². The Morgan fingerprint density at radius 1 is 1.33 bits per heavy atom. The number of thiazole rings is 1. The number of aromatic nitrogens is 2. The monoisotopic (exact) mass is 340 g/mol. The quantitative estimate of drug-likeness (QED) is 0.485. The number of fused-ring (bicyclic) bond motifs is 1. The average Bonchev–Trinajstić information content (AvgIpc) is 3.12. The highest BCUT2D eigenvalue weighted by Gasteiger charge is 2.08. The second-order valence-electron chi connectivity index (χ2n) is 6.06. The van der Waals surface area contributed by atoms with Gasteiger partial charge in [0.25, 0.3) is 0 Å². The molecule has 0 atom stereocenters. The Kier molecular flexibility index (Phi) is 4.81. The molecule has 0 radical (unpaired) electrons. The van der Waals surface area contributed by atoms with E-state index >= 15 is 0 Å². The minimum atomic E-state index is -0.0324. The molecule has 24 heavy (non-hydrogen) atoms. The highest BCUT2D eigenvalue weighted by atomic mass is 32.1. The van der Waals surface area contributed by atoms with Crippen LogP contribution in [-0.2, 0) is 0 Å². The molecule has 2 aromatic heterocycles. The molecule has 0 unspecified atom stereocenters. The lowest BCUT2D eigenvalue weighted by molar-refractivity contribution is 0.104. The first-order valence-corrected chi connectivity index (χ1v) is 8.80. The number of rotatable bonds is 6. The molecule has 0 aliphatic carbocycles. The van der Waals surface area contributed by atoms with Crippen LogP contribution in [0.4, 0.5) is 0 Å². The fourth-order valence-corrected chi connectivity index (χ4v) is 3.11. The van der Waals surface area contributed by atoms with Crippen LogP contribution in [0.3, 0.4) is 0 Å². The van der Waals surface area contributed by atoms with Gasteiger partial charge in [0.15, 0.2) is 10.7 Å². The first-order valence-electron chi connectivity index (χ1n) is 7.92. The van der Waals surface area contributed by atoms with E-state index in [1.165, 1.54) is 0 Å². The molecule has 0 aliphatic rings. The maximum Gasteiger partial charge on any atom is 0.194 e. The van der Waals surface area contributed by atoms with Gasteiger partial charge in [0.2, 0.25) is 0 Å². The summed E-state index contributed by atoms with van der Waals surface area (Å²) in [6.45, 7) is 6.83. The van der Waals surface area contributed by atoms with Crippen LogP contribution < -0.4 is 4.74 Å². The Morgan fingerprint density at radius 3 is 2.79 bits per heavy atom. The Hall–Kier alpha value is -2.40. The van der Waals surface area contributed by atoms with Crippen LogP contribution >= 0.6 is 11.3 Å². The molecule has 4 nitrogen and oxygen atoms in total. The molecule has 5 heteroatoms. The number of carbonyl (C=O) groups excluding carboxylic acids is 1. The van der Waals surface area contributed by atoms with E-state index < -0.39 is 0 Å². The molecular weight excluding hydrogens is 320 g/mol. The number of benzene rings is 1. The van der Waals surface area contributed by atoms with Gasteiger partial charge in [-0.05, 0) is 49.3 Å². The highest BCUT2D eigenvalue weighted by Crippen LogP contribution is 2.19. The number of aryl methyl sites for hydroxylation is 1. The fraction of sp³-hybridized carbons (Fsp3) is 0.263. The lowest BCUT2D eigenvalue weighted by Gasteiger charge is -2.08. The summed E-state index contributed by atoms with van der Waals surface area (Å²) in [6, 6.07) is 7.27. The molecule has 3 aromatic rings. The zero-order valence-electron chi connectivity index (χ0n) is 14.0. The molecular formula is C19H20N2O2S. The minimum absolute atomic E-state index is 0.0324. The van der Waals surface area contributed by atoms with Gasteiger partial charge in [0.05, 0.1) is 18.0 Å². The zero-order chi connectivity index (χ0) is 17.1. The topological polar surface area (TPSA) is 43.6 Å². The van der Waals surface area contributed by atoms with Gasteiger partial charge in [-0.1, -0.05) is 13.8 Å². The van der Waals surface area contributed by atoms with E-state index in [0.29, 0.717) is 18.1 Å². The van der Waals surface area contributed by atoms with Crippen molar-refractivity contribution in [1.29, 1.82) is 0 Å². The van der Waals surface area contributed by atoms with E-state index in [1.807, 2.05) is 41.1 Å². The summed E-state index contributed by atoms with van der Waals surface area (Å²) < 4.78 is 7.63. The third kappa shape index (κ3) is 3.57. The predicted octanol–water partition coefficient (Wildman–Crippen LogP) is 4.64. The van der Waals surface area contributed by atoms with Gasteiger partial charge in [-0.3, -0.25) is 9.20 Å². The van der Waals surface area contributed by atoms with Crippen molar-refractivity contribution in [2.45, 2.75) is 20.8 Å². The fourth-order valence-electron chi connectivity index (χ4n) is 2.34. The van der Waals surface area contributed by atoms with Gasteiger partial charge in [0.1, 0.15) is 5.75 Å². The summed E-state index contributed by atoms with van der Waals surface area (Å²) in [4.78, 5) is 17.8. The van der Waals surface area contributed by atoms with Crippen LogP contribution in [0.2, 0.25) is 0 Å². The number of allylic oxidation sites excluding steroid dienone is 1. The lowest BCUT2D eigenvalue weighted by atomic mass is 10.1. The largest absolute Gasteiger partial charge is 0.493 e. The van der Waals surface area contributed by atoms with E-state index in [4.69, 9.17) is 4.74 Å². The minimum Gasteiger partial charge on any atom is -0.493 e. The maximum absolute atomic E-state index is 12.3. The number of imidazole rings is 1. The van der Waals surface area contributed by atoms with E-state index in [9.17, 15) is 4.79 Å². The molecule has 124 valence electrons. The van der Waals surface area contributed by atoms with Gasteiger partial charge in [-0.15, -0.1) is 11.3 Å². The number of ether oxygens (including phenoxy) is 1. The second kappa shape index (κ2) is 7.01. The normalized spacial score (nSPS) is 11.7. The molecule has 0 spiro atoms. The standard InChI is InChI=1S/C19H20N2O2S/c1-13(2)12-23-16-6-4-15(5-7-16)18(22)9-8-17-14(3)20-19-21(17)10-11-24-19/h4-11,13H,12H2,1-3H3/b9-8+. The van der Waals surface area contributed by atoms with Crippen molar-refractivity contribution >= 4 is 28.2 Å². The van der Waals surface area contributed by atoms with Gasteiger partial charge in [-0.2, -0.15) is 0 Å². The van der Waals surface area contributed by atoms with Crippen molar-refractivity contribution in [1.82, 2.24) is 9.38 Å². The van der Waals surface area contributed by atoms with Crippen molar-refractivity contribution in [3.05, 3.63) is 58.9 Å². The number of carbonyl (C=O) groups is 1. The summed E-state index contributed by atoms with van der Waals surface area (Å²) in [6.07, 6.45) is 5.39. The van der Waals surface area contributed by atoms with Crippen molar-refractivity contribution in [3.8, 4) is 5.75 Å². The van der Waals surface area contributed by atoms with E-state index in [0.717, 1.165) is 22.1 Å². The van der Waals surface area contributed by atoms with E-state index in [1.54, 1.807) is 29.5 Å². The van der Waals surface area contributed by atoms with Gasteiger partial charge >= 0.3 is 0 Å². The number of nitrogens with zero attached hydrogens (tertiary/aromatic N) is 2. The Labute approximate surface area is 145 Å². The van der Waals surface area contributed by atoms with Crippen molar-refractivity contribution < 1.29 is 9.53 Å². The second-order valence-corrected chi connectivity index (χ2v) is 6.94. The molecule has 2 heterocycles. The first-order chi connectivity index (χ1) is 11.5. The predicted molar refractivity (Wildman–Crippen MR) is 97.9 cm³/mol. The van der Waals surface area contributed by atoms with Crippen molar-refractivity contribution in [2.24, 2.45) is 5.92 Å². The Balaban J connectivity index is 1.72. The van der Waals surface area contributed by atoms with Crippen LogP contribution in [0.25, 0.3) is 11.0 Å². The number of ketones is 1. The van der Waals surface area contributed by atoms with E-state index in [-0.39, 0.29) is 5.78 Å². The molecule has 3 rings (SSSR count). The smallest absolute Gasteiger partial charge is 0.194 e. The Bertz CT molecular complexity index is 873. The summed E-state index contributed by atoms with van der Waals surface area (Å²) in [5.41, 5.74) is 2.51. The molecule has 0 N–H and O–H groups in total. The van der Waals surface area contributed by atoms with Gasteiger partial charge in [0, 0.05) is 17.1 Å². The van der Waals surface area contributed by atoms with Crippen LogP contribution in [0, 0.1) is 12.8 Å². The van der Waals surface area contributed by atoms with Gasteiger partial charge < -0.3 is 4.74 Å². The molecule has 0 fully saturated rings. The zero-order valence-corrected chi connectivity index (χ0v) is 14.8. The SMILES string of the molecule is Cc1nc2sccn2c1/C=C/C(=O)c1ccc(OCC(C)C)cc1. The summed E-state index contributed by atoms with van der Waals surface area (Å²) in [5.74, 6) is 1.23. The lowest BCUT2D eigenvalue weighted by Crippen LogP contribution is -2.04. The van der Waals surface area contributed by atoms with Gasteiger partial charge in [-0.25, -0.2) is 4.98 Å². The van der Waals surface area contributed by atoms with Crippen LogP contribution in [0.1, 0.15) is 35.6 Å². The molecule has 0 bridgehead atoms. The third-order valence-electron chi connectivity index (χ3n) is 3.60. The Morgan fingerprint density at radius 2 is 2.08 bits per heavy atom. The van der Waals surface area contributed by atoms with Crippen LogP contribution in [0.15, 0.2) is 41.9 Å².